The molecule has 2 aliphatic heterocycles. The first-order valence-electron chi connectivity index (χ1n) is 12.8. The van der Waals surface area contributed by atoms with Gasteiger partial charge >= 0.3 is 12.0 Å². The van der Waals surface area contributed by atoms with E-state index in [0.29, 0.717) is 30.8 Å². The molecule has 0 spiro atoms. The predicted molar refractivity (Wildman–Crippen MR) is 139 cm³/mol. The number of fused-ring (bicyclic) bond motifs is 1. The van der Waals surface area contributed by atoms with Crippen molar-refractivity contribution in [3.8, 4) is 12.1 Å². The summed E-state index contributed by atoms with van der Waals surface area (Å²) in [4.78, 5) is 30.3. The Morgan fingerprint density at radius 1 is 1.24 bits per heavy atom. The molecular formula is C26H30N10O2. The normalized spacial score (nSPS) is 23.1. The summed E-state index contributed by atoms with van der Waals surface area (Å²) < 4.78 is 5.30. The van der Waals surface area contributed by atoms with Crippen LogP contribution in [0.5, 0.6) is 6.01 Å². The maximum absolute atomic E-state index is 13.3. The molecular weight excluding hydrogens is 484 g/mol. The lowest BCUT2D eigenvalue weighted by molar-refractivity contribution is 0.142. The molecule has 12 nitrogen and oxygen atoms in total. The van der Waals surface area contributed by atoms with E-state index in [1.54, 1.807) is 0 Å². The second-order valence-corrected chi connectivity index (χ2v) is 10.4. The summed E-state index contributed by atoms with van der Waals surface area (Å²) in [6.45, 7) is 5.07. The number of amides is 2. The number of nitrogens with one attached hydrogen (secondary N) is 3. The number of benzene rings is 1. The van der Waals surface area contributed by atoms with Gasteiger partial charge in [0.1, 0.15) is 6.04 Å². The zero-order valence-corrected chi connectivity index (χ0v) is 21.6. The molecule has 12 heteroatoms. The van der Waals surface area contributed by atoms with Crippen molar-refractivity contribution >= 4 is 23.7 Å². The van der Waals surface area contributed by atoms with E-state index >= 15 is 0 Å². The van der Waals surface area contributed by atoms with E-state index in [1.165, 1.54) is 12.7 Å². The molecule has 1 unspecified atom stereocenters. The maximum Gasteiger partial charge on any atom is 0.322 e. The predicted octanol–water partition coefficient (Wildman–Crippen LogP) is 3.16. The Kier molecular flexibility index (Phi) is 5.78. The van der Waals surface area contributed by atoms with E-state index in [2.05, 4.69) is 54.0 Å². The van der Waals surface area contributed by atoms with Crippen molar-refractivity contribution in [2.24, 2.45) is 0 Å². The van der Waals surface area contributed by atoms with Crippen LogP contribution < -0.4 is 20.3 Å². The van der Waals surface area contributed by atoms with Crippen LogP contribution in [0.1, 0.15) is 55.8 Å². The topological polar surface area (TPSA) is 148 Å². The van der Waals surface area contributed by atoms with Crippen LogP contribution in [0.3, 0.4) is 0 Å². The van der Waals surface area contributed by atoms with Crippen molar-refractivity contribution in [3.05, 3.63) is 47.2 Å². The van der Waals surface area contributed by atoms with Crippen LogP contribution in [-0.4, -0.2) is 61.8 Å². The average Bonchev–Trinajstić information content (AvgIpc) is 3.23. The molecule has 1 saturated heterocycles. The number of aromatic nitrogens is 5. The van der Waals surface area contributed by atoms with Gasteiger partial charge < -0.3 is 25.2 Å². The summed E-state index contributed by atoms with van der Waals surface area (Å²) in [7, 11) is 1.49. The van der Waals surface area contributed by atoms with E-state index in [-0.39, 0.29) is 30.1 Å². The number of aromatic amines is 1. The van der Waals surface area contributed by atoms with Gasteiger partial charge in [0.25, 0.3) is 0 Å². The van der Waals surface area contributed by atoms with Crippen molar-refractivity contribution in [1.29, 1.82) is 5.26 Å². The number of H-pyrrole nitrogens is 1. The number of hydrogen-bond acceptors (Lipinski definition) is 9. The third kappa shape index (κ3) is 4.13. The van der Waals surface area contributed by atoms with E-state index in [4.69, 9.17) is 4.74 Å². The van der Waals surface area contributed by atoms with Crippen LogP contribution in [0.2, 0.25) is 0 Å². The van der Waals surface area contributed by atoms with E-state index < -0.39 is 5.54 Å². The molecule has 38 heavy (non-hydrogen) atoms. The Labute approximate surface area is 220 Å². The van der Waals surface area contributed by atoms with Gasteiger partial charge in [0.2, 0.25) is 11.9 Å². The van der Waals surface area contributed by atoms with Crippen molar-refractivity contribution in [2.75, 3.05) is 23.9 Å². The first kappa shape index (κ1) is 24.0. The van der Waals surface area contributed by atoms with Crippen LogP contribution in [0.4, 0.5) is 22.5 Å². The third-order valence-electron chi connectivity index (χ3n) is 7.72. The van der Waals surface area contributed by atoms with Crippen LogP contribution in [0, 0.1) is 11.3 Å². The van der Waals surface area contributed by atoms with E-state index in [9.17, 15) is 10.1 Å². The highest BCUT2D eigenvalue weighted by Gasteiger charge is 2.47. The number of nitriles is 1. The number of ether oxygens (including phenoxy) is 1. The molecule has 1 aromatic carbocycles. The lowest BCUT2D eigenvalue weighted by atomic mass is 10.0. The lowest BCUT2D eigenvalue weighted by Crippen LogP contribution is -2.47. The largest absolute Gasteiger partial charge is 0.467 e. The molecule has 4 heterocycles. The van der Waals surface area contributed by atoms with Crippen molar-refractivity contribution in [1.82, 2.24) is 35.4 Å². The van der Waals surface area contributed by atoms with Crippen molar-refractivity contribution < 1.29 is 9.53 Å². The Morgan fingerprint density at radius 3 is 2.82 bits per heavy atom. The number of rotatable bonds is 6. The fourth-order valence-corrected chi connectivity index (χ4v) is 5.47. The standard InChI is InChI=1S/C26H30N10O2/c1-26(2)20-18(14-36(26)25(37)28-19-12-17(19)15-8-5-4-6-9-15)21(34-33-20)29-22-30-23(32-24(31-22)38-3)35-11-7-10-16(35)13-27/h4-6,8-9,16-17,19H,7,10-12,14H2,1-3H3,(H,28,37)(H2,29,30,31,32,33,34)/t16-,17+,19?/m0/s1. The van der Waals surface area contributed by atoms with Crippen LogP contribution in [-0.2, 0) is 12.1 Å². The summed E-state index contributed by atoms with van der Waals surface area (Å²) in [6.07, 6.45) is 2.60. The number of anilines is 3. The van der Waals surface area contributed by atoms with Gasteiger partial charge in [0.05, 0.1) is 31.0 Å². The minimum Gasteiger partial charge on any atom is -0.467 e. The third-order valence-corrected chi connectivity index (χ3v) is 7.72. The number of urea groups is 1. The second kappa shape index (κ2) is 9.16. The Balaban J connectivity index is 1.19. The summed E-state index contributed by atoms with van der Waals surface area (Å²) in [5.41, 5.74) is 2.40. The smallest absolute Gasteiger partial charge is 0.322 e. The molecule has 1 aliphatic carbocycles. The Morgan fingerprint density at radius 2 is 2.05 bits per heavy atom. The van der Waals surface area contributed by atoms with Gasteiger partial charge in [-0.2, -0.15) is 25.3 Å². The summed E-state index contributed by atoms with van der Waals surface area (Å²) in [6, 6.07) is 12.5. The molecule has 6 rings (SSSR count). The molecule has 0 bridgehead atoms. The molecule has 3 atom stereocenters. The van der Waals surface area contributed by atoms with Gasteiger partial charge in [-0.05, 0) is 38.7 Å². The van der Waals surface area contributed by atoms with Gasteiger partial charge in [-0.3, -0.25) is 5.10 Å². The summed E-state index contributed by atoms with van der Waals surface area (Å²) >= 11 is 0. The van der Waals surface area contributed by atoms with E-state index in [1.807, 2.05) is 41.8 Å². The highest BCUT2D eigenvalue weighted by molar-refractivity contribution is 5.78. The first-order chi connectivity index (χ1) is 18.4. The lowest BCUT2D eigenvalue weighted by Gasteiger charge is -2.32. The molecule has 196 valence electrons. The van der Waals surface area contributed by atoms with Crippen LogP contribution in [0.15, 0.2) is 30.3 Å². The summed E-state index contributed by atoms with van der Waals surface area (Å²) in [5, 5.41) is 23.5. The fourth-order valence-electron chi connectivity index (χ4n) is 5.47. The molecule has 3 aromatic rings. The van der Waals surface area contributed by atoms with Crippen molar-refractivity contribution in [2.45, 2.75) is 63.2 Å². The molecule has 3 N–H and O–H groups in total. The van der Waals surface area contributed by atoms with Gasteiger partial charge in [0.15, 0.2) is 5.82 Å². The van der Waals surface area contributed by atoms with Crippen molar-refractivity contribution in [3.63, 3.8) is 0 Å². The van der Waals surface area contributed by atoms with Crippen LogP contribution in [0.25, 0.3) is 0 Å². The number of carbonyl (C=O) groups is 1. The molecule has 2 fully saturated rings. The maximum atomic E-state index is 13.3. The van der Waals surface area contributed by atoms with Gasteiger partial charge in [-0.25, -0.2) is 4.79 Å². The molecule has 0 radical (unpaired) electrons. The first-order valence-corrected chi connectivity index (χ1v) is 12.8. The fraction of sp³-hybridized carbons (Fsp3) is 0.462. The van der Waals surface area contributed by atoms with Crippen LogP contribution >= 0.6 is 0 Å². The molecule has 1 saturated carbocycles. The number of carbonyl (C=O) groups excluding carboxylic acids is 1. The highest BCUT2D eigenvalue weighted by Crippen LogP contribution is 2.43. The zero-order chi connectivity index (χ0) is 26.4. The van der Waals surface area contributed by atoms with Gasteiger partial charge in [-0.1, -0.05) is 30.3 Å². The minimum atomic E-state index is -0.582. The second-order valence-electron chi connectivity index (χ2n) is 10.4. The molecule has 2 aromatic heterocycles. The number of nitrogens with zero attached hydrogens (tertiary/aromatic N) is 7. The minimum absolute atomic E-state index is 0.102. The van der Waals surface area contributed by atoms with E-state index in [0.717, 1.165) is 30.5 Å². The number of methoxy groups -OCH3 is 1. The Hall–Kier alpha value is -4.40. The highest BCUT2D eigenvalue weighted by atomic mass is 16.5. The van der Waals surface area contributed by atoms with Gasteiger partial charge in [0, 0.05) is 24.1 Å². The quantitative estimate of drug-likeness (QED) is 0.451. The average molecular weight is 515 g/mol. The monoisotopic (exact) mass is 514 g/mol. The summed E-state index contributed by atoms with van der Waals surface area (Å²) in [5.74, 6) is 1.53. The number of hydrogen-bond donors (Lipinski definition) is 3. The zero-order valence-electron chi connectivity index (χ0n) is 21.6. The van der Waals surface area contributed by atoms with Gasteiger partial charge in [-0.15, -0.1) is 0 Å². The Bertz CT molecular complexity index is 1400. The molecule has 2 amide bonds. The SMILES string of the molecule is COc1nc(Nc2n[nH]c3c2CN(C(=O)NC2C[C@@H]2c2ccccc2)C3(C)C)nc(N2CCC[C@H]2C#N)n1. The molecule has 3 aliphatic rings.